The van der Waals surface area contributed by atoms with E-state index >= 15 is 0 Å². The summed E-state index contributed by atoms with van der Waals surface area (Å²) in [6.07, 6.45) is 14.2. The number of ether oxygens (including phenoxy) is 1. The number of aryl methyl sites for hydroxylation is 1. The topological polar surface area (TPSA) is 39.4 Å². The quantitative estimate of drug-likeness (QED) is 0.259. The molecule has 3 nitrogen and oxygen atoms in total. The molecule has 28 heavy (non-hydrogen) atoms. The molecule has 0 radical (unpaired) electrons. The summed E-state index contributed by atoms with van der Waals surface area (Å²) >= 11 is 0. The van der Waals surface area contributed by atoms with Crippen LogP contribution in [0.25, 0.3) is 10.8 Å². The lowest BCUT2D eigenvalue weighted by molar-refractivity contribution is 0.309. The van der Waals surface area contributed by atoms with Crippen molar-refractivity contribution in [3.05, 3.63) is 52.9 Å². The molecule has 2 aromatic rings. The Morgan fingerprint density at radius 3 is 2.43 bits per heavy atom. The fourth-order valence-electron chi connectivity index (χ4n) is 3.37. The van der Waals surface area contributed by atoms with Crippen molar-refractivity contribution >= 4 is 10.8 Å². The first kappa shape index (κ1) is 22.2. The third-order valence-corrected chi connectivity index (χ3v) is 4.99. The highest BCUT2D eigenvalue weighted by molar-refractivity contribution is 5.83. The number of hydrogen-bond donors (Lipinski definition) is 0. The third kappa shape index (κ3) is 6.81. The van der Waals surface area contributed by atoms with E-state index in [2.05, 4.69) is 13.5 Å². The maximum atomic E-state index is 14.6. The molecule has 0 aliphatic carbocycles. The van der Waals surface area contributed by atoms with Gasteiger partial charge in [0.2, 0.25) is 0 Å². The lowest BCUT2D eigenvalue weighted by Gasteiger charge is -2.08. The van der Waals surface area contributed by atoms with Gasteiger partial charge in [-0.05, 0) is 30.4 Å². The Labute approximate surface area is 167 Å². The maximum Gasteiger partial charge on any atom is 0.346 e. The van der Waals surface area contributed by atoms with Crippen LogP contribution in [-0.2, 0) is 6.42 Å². The summed E-state index contributed by atoms with van der Waals surface area (Å²) in [5, 5.41) is 0.530. The zero-order valence-corrected chi connectivity index (χ0v) is 17.1. The second-order valence-electron chi connectivity index (χ2n) is 7.35. The Morgan fingerprint density at radius 1 is 1.07 bits per heavy atom. The SMILES string of the molecule is C=CCCOc1ccc2cc(CCCCCCCCCCC)oc(=O)c2c1F. The monoisotopic (exact) mass is 388 g/mol. The van der Waals surface area contributed by atoms with E-state index in [1.165, 1.54) is 44.9 Å². The van der Waals surface area contributed by atoms with Gasteiger partial charge in [0, 0.05) is 6.42 Å². The Bertz CT molecular complexity index is 794. The zero-order chi connectivity index (χ0) is 20.2. The summed E-state index contributed by atoms with van der Waals surface area (Å²) in [5.41, 5.74) is -0.630. The molecule has 0 amide bonds. The standard InChI is InChI=1S/C24H33FO3/c1-3-5-7-8-9-10-11-12-13-14-20-18-19-15-16-21(27-17-6-4-2)23(25)22(19)24(26)28-20/h4,15-16,18H,2-3,5-14,17H2,1H3. The normalized spacial score (nSPS) is 11.1. The molecular formula is C24H33FO3. The van der Waals surface area contributed by atoms with Crippen LogP contribution < -0.4 is 10.4 Å². The molecule has 0 spiro atoms. The molecule has 0 unspecified atom stereocenters. The van der Waals surface area contributed by atoms with E-state index in [0.717, 1.165) is 12.8 Å². The Kier molecular flexibility index (Phi) is 9.81. The molecule has 1 aromatic heterocycles. The fraction of sp³-hybridized carbons (Fsp3) is 0.542. The van der Waals surface area contributed by atoms with Crippen molar-refractivity contribution in [3.8, 4) is 5.75 Å². The first-order valence-corrected chi connectivity index (χ1v) is 10.7. The third-order valence-electron chi connectivity index (χ3n) is 4.99. The molecule has 0 saturated carbocycles. The summed E-state index contributed by atoms with van der Waals surface area (Å²) in [5.74, 6) is 0.0541. The molecule has 0 bridgehead atoms. The minimum atomic E-state index is -0.648. The van der Waals surface area contributed by atoms with Crippen LogP contribution in [0.15, 0.2) is 40.1 Å². The van der Waals surface area contributed by atoms with Gasteiger partial charge in [-0.15, -0.1) is 6.58 Å². The van der Waals surface area contributed by atoms with Gasteiger partial charge < -0.3 is 9.15 Å². The van der Waals surface area contributed by atoms with Crippen molar-refractivity contribution in [2.75, 3.05) is 6.61 Å². The van der Waals surface area contributed by atoms with E-state index in [1.807, 2.05) is 0 Å². The van der Waals surface area contributed by atoms with Gasteiger partial charge in [0.25, 0.3) is 0 Å². The number of fused-ring (bicyclic) bond motifs is 1. The smallest absolute Gasteiger partial charge is 0.346 e. The number of rotatable bonds is 14. The van der Waals surface area contributed by atoms with Gasteiger partial charge in [0.05, 0.1) is 6.61 Å². The molecule has 1 heterocycles. The minimum absolute atomic E-state index is 0.0352. The van der Waals surface area contributed by atoms with Crippen molar-refractivity contribution in [2.24, 2.45) is 0 Å². The van der Waals surface area contributed by atoms with E-state index in [1.54, 1.807) is 24.3 Å². The van der Waals surface area contributed by atoms with E-state index in [4.69, 9.17) is 9.15 Å². The molecule has 154 valence electrons. The molecule has 4 heteroatoms. The lowest BCUT2D eigenvalue weighted by atomic mass is 10.1. The summed E-state index contributed by atoms with van der Waals surface area (Å²) < 4.78 is 25.3. The average molecular weight is 389 g/mol. The van der Waals surface area contributed by atoms with E-state index in [0.29, 0.717) is 30.6 Å². The molecule has 0 aliphatic heterocycles. The predicted octanol–water partition coefficient (Wildman–Crippen LogP) is 6.96. The van der Waals surface area contributed by atoms with Crippen molar-refractivity contribution in [3.63, 3.8) is 0 Å². The highest BCUT2D eigenvalue weighted by Gasteiger charge is 2.14. The summed E-state index contributed by atoms with van der Waals surface area (Å²) in [6, 6.07) is 5.07. The number of benzene rings is 1. The van der Waals surface area contributed by atoms with Gasteiger partial charge in [-0.25, -0.2) is 9.18 Å². The minimum Gasteiger partial charge on any atom is -0.490 e. The summed E-state index contributed by atoms with van der Waals surface area (Å²) in [7, 11) is 0. The molecule has 0 atom stereocenters. The number of halogens is 1. The van der Waals surface area contributed by atoms with Crippen LogP contribution >= 0.6 is 0 Å². The van der Waals surface area contributed by atoms with Crippen LogP contribution in [0.2, 0.25) is 0 Å². The second-order valence-corrected chi connectivity index (χ2v) is 7.35. The van der Waals surface area contributed by atoms with E-state index in [9.17, 15) is 9.18 Å². The summed E-state index contributed by atoms with van der Waals surface area (Å²) in [6.45, 7) is 6.17. The Hall–Kier alpha value is -2.10. The van der Waals surface area contributed by atoms with Crippen LogP contribution in [0.4, 0.5) is 4.39 Å². The number of unbranched alkanes of at least 4 members (excludes halogenated alkanes) is 8. The first-order valence-electron chi connectivity index (χ1n) is 10.7. The molecule has 0 saturated heterocycles. The largest absolute Gasteiger partial charge is 0.490 e. The first-order chi connectivity index (χ1) is 13.7. The van der Waals surface area contributed by atoms with E-state index < -0.39 is 11.4 Å². The van der Waals surface area contributed by atoms with Crippen LogP contribution in [0.1, 0.15) is 76.9 Å². The Balaban J connectivity index is 1.87. The average Bonchev–Trinajstić information content (AvgIpc) is 2.68. The predicted molar refractivity (Wildman–Crippen MR) is 114 cm³/mol. The van der Waals surface area contributed by atoms with Crippen molar-refractivity contribution < 1.29 is 13.5 Å². The number of hydrogen-bond acceptors (Lipinski definition) is 3. The van der Waals surface area contributed by atoms with Crippen molar-refractivity contribution in [2.45, 2.75) is 77.6 Å². The zero-order valence-electron chi connectivity index (χ0n) is 17.1. The van der Waals surface area contributed by atoms with Gasteiger partial charge in [-0.2, -0.15) is 0 Å². The van der Waals surface area contributed by atoms with E-state index in [-0.39, 0.29) is 11.1 Å². The highest BCUT2D eigenvalue weighted by Crippen LogP contribution is 2.25. The van der Waals surface area contributed by atoms with Gasteiger partial charge >= 0.3 is 5.63 Å². The summed E-state index contributed by atoms with van der Waals surface area (Å²) in [4.78, 5) is 12.3. The molecule has 1 aromatic carbocycles. The van der Waals surface area contributed by atoms with Gasteiger partial charge in [0.1, 0.15) is 11.1 Å². The van der Waals surface area contributed by atoms with Crippen LogP contribution in [-0.4, -0.2) is 6.61 Å². The molecule has 2 rings (SSSR count). The van der Waals surface area contributed by atoms with Gasteiger partial charge in [0.15, 0.2) is 11.6 Å². The highest BCUT2D eigenvalue weighted by atomic mass is 19.1. The lowest BCUT2D eigenvalue weighted by Crippen LogP contribution is -2.07. The van der Waals surface area contributed by atoms with Crippen LogP contribution in [0.5, 0.6) is 5.75 Å². The van der Waals surface area contributed by atoms with Crippen LogP contribution in [0, 0.1) is 5.82 Å². The van der Waals surface area contributed by atoms with Gasteiger partial charge in [-0.3, -0.25) is 0 Å². The Morgan fingerprint density at radius 2 is 1.75 bits per heavy atom. The maximum absolute atomic E-state index is 14.6. The van der Waals surface area contributed by atoms with Crippen LogP contribution in [0.3, 0.4) is 0 Å². The molecular weight excluding hydrogens is 355 g/mol. The van der Waals surface area contributed by atoms with Crippen molar-refractivity contribution in [1.82, 2.24) is 0 Å². The molecule has 0 aliphatic rings. The van der Waals surface area contributed by atoms with Crippen molar-refractivity contribution in [1.29, 1.82) is 0 Å². The fourth-order valence-corrected chi connectivity index (χ4v) is 3.37. The molecule has 0 fully saturated rings. The second kappa shape index (κ2) is 12.4. The molecule has 0 N–H and O–H groups in total. The van der Waals surface area contributed by atoms with Gasteiger partial charge in [-0.1, -0.05) is 70.4 Å².